The van der Waals surface area contributed by atoms with Gasteiger partial charge in [-0.2, -0.15) is 0 Å². The van der Waals surface area contributed by atoms with Crippen LogP contribution in [0.3, 0.4) is 0 Å². The predicted octanol–water partition coefficient (Wildman–Crippen LogP) is 9.29. The normalized spacial score (nSPS) is 12.2. The van der Waals surface area contributed by atoms with Gasteiger partial charge in [-0.1, -0.05) is 88.9 Å². The Morgan fingerprint density at radius 2 is 1.59 bits per heavy atom. The fourth-order valence-corrected chi connectivity index (χ4v) is 5.67. The van der Waals surface area contributed by atoms with Crippen LogP contribution in [0.1, 0.15) is 119 Å². The van der Waals surface area contributed by atoms with Crippen LogP contribution in [-0.4, -0.2) is 22.9 Å². The molecule has 1 heterocycles. The molecule has 212 valence electrons. The number of carbonyl (C=O) groups excluding carboxylic acids is 2. The molecule has 1 aromatic heterocycles. The van der Waals surface area contributed by atoms with Crippen LogP contribution >= 0.6 is 0 Å². The van der Waals surface area contributed by atoms with E-state index in [1.165, 1.54) is 43.2 Å². The first-order chi connectivity index (χ1) is 18.9. The maximum atomic E-state index is 13.2. The van der Waals surface area contributed by atoms with E-state index in [0.717, 1.165) is 35.7 Å². The summed E-state index contributed by atoms with van der Waals surface area (Å²) in [6, 6.07) is 17.4. The summed E-state index contributed by atoms with van der Waals surface area (Å²) >= 11 is 0. The van der Waals surface area contributed by atoms with Crippen molar-refractivity contribution in [1.29, 1.82) is 0 Å². The van der Waals surface area contributed by atoms with Gasteiger partial charge in [-0.15, -0.1) is 0 Å². The second-order valence-corrected chi connectivity index (χ2v) is 11.4. The molecule has 0 saturated carbocycles. The number of hydrogen-bond acceptors (Lipinski definition) is 3. The number of ether oxygens (including phenoxy) is 1. The number of benzene rings is 2. The number of hydrogen-bond donors (Lipinski definition) is 0. The lowest BCUT2D eigenvalue weighted by atomic mass is 9.88. The highest BCUT2D eigenvalue weighted by molar-refractivity contribution is 6.08. The zero-order valence-electron chi connectivity index (χ0n) is 24.7. The van der Waals surface area contributed by atoms with Gasteiger partial charge in [-0.05, 0) is 68.1 Å². The highest BCUT2D eigenvalue weighted by atomic mass is 16.5. The van der Waals surface area contributed by atoms with Crippen molar-refractivity contribution in [1.82, 2.24) is 4.57 Å². The van der Waals surface area contributed by atoms with Gasteiger partial charge in [0.1, 0.15) is 0 Å². The highest BCUT2D eigenvalue weighted by Gasteiger charge is 2.15. The third-order valence-corrected chi connectivity index (χ3v) is 7.61. The molecule has 0 amide bonds. The average Bonchev–Trinajstić information content (AvgIpc) is 3.29. The van der Waals surface area contributed by atoms with E-state index in [1.54, 1.807) is 0 Å². The summed E-state index contributed by atoms with van der Waals surface area (Å²) in [6.07, 6.45) is 12.9. The van der Waals surface area contributed by atoms with Gasteiger partial charge in [0.05, 0.1) is 6.61 Å². The van der Waals surface area contributed by atoms with Gasteiger partial charge in [0.2, 0.25) is 0 Å². The third-order valence-electron chi connectivity index (χ3n) is 7.61. The van der Waals surface area contributed by atoms with Gasteiger partial charge in [-0.25, -0.2) is 0 Å². The second kappa shape index (κ2) is 16.3. The van der Waals surface area contributed by atoms with Gasteiger partial charge in [0.15, 0.2) is 5.78 Å². The van der Waals surface area contributed by atoms with Crippen molar-refractivity contribution in [2.75, 3.05) is 6.61 Å². The topological polar surface area (TPSA) is 48.3 Å². The number of unbranched alkanes of at least 4 members (excludes halogenated alkanes) is 3. The largest absolute Gasteiger partial charge is 0.466 e. The number of esters is 1. The summed E-state index contributed by atoms with van der Waals surface area (Å²) in [5.74, 6) is 1.39. The number of ketones is 1. The maximum Gasteiger partial charge on any atom is 0.305 e. The SMILES string of the molecule is CCCC(CCCCCCC(=O)c1cn(CCCC(=O)OCC)c2ccccc12)c1ccc(CC(C)C)cc1. The van der Waals surface area contributed by atoms with E-state index >= 15 is 0 Å². The Labute approximate surface area is 236 Å². The van der Waals surface area contributed by atoms with Crippen molar-refractivity contribution in [2.24, 2.45) is 5.92 Å². The fourth-order valence-electron chi connectivity index (χ4n) is 5.67. The van der Waals surface area contributed by atoms with Crippen molar-refractivity contribution < 1.29 is 14.3 Å². The molecule has 0 radical (unpaired) electrons. The number of aryl methyl sites for hydroxylation is 1. The molecular formula is C35H49NO3. The van der Waals surface area contributed by atoms with E-state index in [0.29, 0.717) is 44.2 Å². The molecule has 39 heavy (non-hydrogen) atoms. The van der Waals surface area contributed by atoms with Gasteiger partial charge in [-0.3, -0.25) is 9.59 Å². The van der Waals surface area contributed by atoms with Crippen LogP contribution in [0, 0.1) is 5.92 Å². The smallest absolute Gasteiger partial charge is 0.305 e. The first-order valence-electron chi connectivity index (χ1n) is 15.3. The van der Waals surface area contributed by atoms with Gasteiger partial charge in [0, 0.05) is 42.0 Å². The van der Waals surface area contributed by atoms with Gasteiger partial charge < -0.3 is 9.30 Å². The van der Waals surface area contributed by atoms with Crippen LogP contribution in [0.15, 0.2) is 54.7 Å². The molecule has 0 bridgehead atoms. The Morgan fingerprint density at radius 1 is 0.846 bits per heavy atom. The number of rotatable bonds is 18. The first-order valence-corrected chi connectivity index (χ1v) is 15.3. The van der Waals surface area contributed by atoms with Crippen molar-refractivity contribution in [3.63, 3.8) is 0 Å². The zero-order valence-corrected chi connectivity index (χ0v) is 24.7. The number of aromatic nitrogens is 1. The van der Waals surface area contributed by atoms with Crippen LogP contribution in [0.4, 0.5) is 0 Å². The number of Topliss-reactive ketones (excluding diaryl/α,β-unsaturated/α-hetero) is 1. The van der Waals surface area contributed by atoms with Crippen molar-refractivity contribution >= 4 is 22.7 Å². The average molecular weight is 532 g/mol. The van der Waals surface area contributed by atoms with Gasteiger partial charge >= 0.3 is 5.97 Å². The Kier molecular flexibility index (Phi) is 12.8. The lowest BCUT2D eigenvalue weighted by molar-refractivity contribution is -0.143. The molecule has 0 aliphatic heterocycles. The molecule has 1 atom stereocenters. The van der Waals surface area contributed by atoms with E-state index in [9.17, 15) is 9.59 Å². The standard InChI is InChI=1S/C35H49NO3/c1-5-14-29(30-22-20-28(21-23-30)25-27(3)4)15-9-7-8-10-18-34(37)32-26-36(24-13-19-35(38)39-6-2)33-17-12-11-16-31(32)33/h11-12,16-17,20-23,26-27,29H,5-10,13-15,18-19,24-25H2,1-4H3. The molecule has 0 aliphatic rings. The minimum Gasteiger partial charge on any atom is -0.466 e. The Balaban J connectivity index is 1.46. The molecule has 4 nitrogen and oxygen atoms in total. The third kappa shape index (κ3) is 9.67. The summed E-state index contributed by atoms with van der Waals surface area (Å²) < 4.78 is 7.16. The molecule has 0 saturated heterocycles. The van der Waals surface area contributed by atoms with Crippen molar-refractivity contribution in [3.8, 4) is 0 Å². The molecule has 1 unspecified atom stereocenters. The number of nitrogens with zero attached hydrogens (tertiary/aromatic N) is 1. The molecular weight excluding hydrogens is 482 g/mol. The van der Waals surface area contributed by atoms with E-state index in [2.05, 4.69) is 55.7 Å². The molecule has 0 N–H and O–H groups in total. The van der Waals surface area contributed by atoms with Crippen LogP contribution in [0.5, 0.6) is 0 Å². The van der Waals surface area contributed by atoms with Crippen molar-refractivity contribution in [3.05, 3.63) is 71.4 Å². The fraction of sp³-hybridized carbons (Fsp3) is 0.543. The minimum atomic E-state index is -0.161. The molecule has 3 aromatic rings. The zero-order chi connectivity index (χ0) is 28.0. The summed E-state index contributed by atoms with van der Waals surface area (Å²) in [5, 5.41) is 1.01. The molecule has 0 fully saturated rings. The predicted molar refractivity (Wildman–Crippen MR) is 162 cm³/mol. The first kappa shape index (κ1) is 30.7. The van der Waals surface area contributed by atoms with E-state index in [-0.39, 0.29) is 11.8 Å². The Bertz CT molecular complexity index is 1160. The van der Waals surface area contributed by atoms with E-state index in [4.69, 9.17) is 4.74 Å². The summed E-state index contributed by atoms with van der Waals surface area (Å²) in [7, 11) is 0. The van der Waals surface area contributed by atoms with E-state index < -0.39 is 0 Å². The van der Waals surface area contributed by atoms with Gasteiger partial charge in [0.25, 0.3) is 0 Å². The lowest BCUT2D eigenvalue weighted by Gasteiger charge is -2.17. The molecule has 4 heteroatoms. The Morgan fingerprint density at radius 3 is 2.31 bits per heavy atom. The van der Waals surface area contributed by atoms with Crippen LogP contribution in [0.2, 0.25) is 0 Å². The molecule has 0 aliphatic carbocycles. The number of fused-ring (bicyclic) bond motifs is 1. The van der Waals surface area contributed by atoms with E-state index in [1.807, 2.05) is 31.3 Å². The highest BCUT2D eigenvalue weighted by Crippen LogP contribution is 2.29. The van der Waals surface area contributed by atoms with Crippen LogP contribution in [0.25, 0.3) is 10.9 Å². The molecule has 0 spiro atoms. The summed E-state index contributed by atoms with van der Waals surface area (Å²) in [5.41, 5.74) is 4.79. The monoisotopic (exact) mass is 531 g/mol. The number of carbonyl (C=O) groups is 2. The summed E-state index contributed by atoms with van der Waals surface area (Å²) in [4.78, 5) is 24.9. The Hall–Kier alpha value is -2.88. The van der Waals surface area contributed by atoms with Crippen LogP contribution < -0.4 is 0 Å². The number of para-hydroxylation sites is 1. The molecule has 3 rings (SSSR count). The minimum absolute atomic E-state index is 0.161. The molecule has 2 aromatic carbocycles. The quantitative estimate of drug-likeness (QED) is 0.0933. The maximum absolute atomic E-state index is 13.2. The summed E-state index contributed by atoms with van der Waals surface area (Å²) in [6.45, 7) is 9.77. The van der Waals surface area contributed by atoms with Crippen molar-refractivity contribution in [2.45, 2.75) is 111 Å². The lowest BCUT2D eigenvalue weighted by Crippen LogP contribution is -2.06. The second-order valence-electron chi connectivity index (χ2n) is 11.4. The van der Waals surface area contributed by atoms with Crippen LogP contribution in [-0.2, 0) is 22.5 Å².